The molecule has 0 saturated heterocycles. The first-order valence-corrected chi connectivity index (χ1v) is 8.79. The molecule has 1 aliphatic rings. The molecule has 0 amide bonds. The summed E-state index contributed by atoms with van der Waals surface area (Å²) in [5, 5.41) is 0. The van der Waals surface area contributed by atoms with Gasteiger partial charge in [-0.05, 0) is 43.5 Å². The summed E-state index contributed by atoms with van der Waals surface area (Å²) in [7, 11) is 0.128. The van der Waals surface area contributed by atoms with Gasteiger partial charge in [-0.1, -0.05) is 24.3 Å². The Kier molecular flexibility index (Phi) is 5.18. The highest BCUT2D eigenvalue weighted by Gasteiger charge is 2.16. The van der Waals surface area contributed by atoms with Crippen LogP contribution in [0, 0.1) is 0 Å². The normalized spacial score (nSPS) is 16.9. The summed E-state index contributed by atoms with van der Waals surface area (Å²) in [6.07, 6.45) is 2.97. The van der Waals surface area contributed by atoms with Crippen LogP contribution in [0.25, 0.3) is 0 Å². The number of nitrogens with zero attached hydrogens (tertiary/aromatic N) is 2. The first-order valence-electron chi connectivity index (χ1n) is 7.18. The van der Waals surface area contributed by atoms with E-state index in [4.69, 9.17) is 0 Å². The molecule has 0 aromatic heterocycles. The lowest BCUT2D eigenvalue weighted by atomic mass is 10.0. The summed E-state index contributed by atoms with van der Waals surface area (Å²) < 4.78 is 24.8. The quantitative estimate of drug-likeness (QED) is 0.830. The zero-order valence-corrected chi connectivity index (χ0v) is 13.2. The lowest BCUT2D eigenvalue weighted by Gasteiger charge is -2.20. The molecule has 0 N–H and O–H groups in total. The predicted molar refractivity (Wildman–Crippen MR) is 82.1 cm³/mol. The molecule has 1 heterocycles. The van der Waals surface area contributed by atoms with E-state index in [-0.39, 0.29) is 5.75 Å². The van der Waals surface area contributed by atoms with E-state index in [0.717, 1.165) is 32.5 Å². The molecule has 112 valence electrons. The third-order valence-corrected chi connectivity index (χ3v) is 5.78. The molecule has 0 unspecified atom stereocenters. The van der Waals surface area contributed by atoms with Gasteiger partial charge in [-0.15, -0.1) is 0 Å². The molecule has 0 atom stereocenters. The molecule has 0 bridgehead atoms. The fraction of sp³-hybridized carbons (Fsp3) is 0.600. The van der Waals surface area contributed by atoms with Crippen molar-refractivity contribution in [3.63, 3.8) is 0 Å². The molecule has 2 rings (SSSR count). The van der Waals surface area contributed by atoms with Gasteiger partial charge in [0, 0.05) is 20.6 Å². The maximum Gasteiger partial charge on any atom is 0.213 e. The lowest BCUT2D eigenvalue weighted by molar-refractivity contribution is 0.270. The van der Waals surface area contributed by atoms with Gasteiger partial charge in [0.1, 0.15) is 0 Å². The van der Waals surface area contributed by atoms with Crippen LogP contribution >= 0.6 is 0 Å². The Morgan fingerprint density at radius 3 is 2.60 bits per heavy atom. The Morgan fingerprint density at radius 1 is 1.20 bits per heavy atom. The second-order valence-electron chi connectivity index (χ2n) is 5.60. The highest BCUT2D eigenvalue weighted by molar-refractivity contribution is 7.89. The van der Waals surface area contributed by atoms with Gasteiger partial charge in [-0.2, -0.15) is 0 Å². The second-order valence-corrected chi connectivity index (χ2v) is 7.90. The van der Waals surface area contributed by atoms with Gasteiger partial charge in [0.2, 0.25) is 10.0 Å². The van der Waals surface area contributed by atoms with Crippen molar-refractivity contribution in [3.05, 3.63) is 35.4 Å². The molecular formula is C15H24N2O2S. The molecule has 0 radical (unpaired) electrons. The Balaban J connectivity index is 1.89. The fourth-order valence-electron chi connectivity index (χ4n) is 2.61. The summed E-state index contributed by atoms with van der Waals surface area (Å²) in [5.41, 5.74) is 2.83. The maximum absolute atomic E-state index is 11.7. The van der Waals surface area contributed by atoms with Crippen molar-refractivity contribution in [3.8, 4) is 0 Å². The van der Waals surface area contributed by atoms with Crippen molar-refractivity contribution >= 4 is 10.0 Å². The van der Waals surface area contributed by atoms with Crippen molar-refractivity contribution in [2.24, 2.45) is 0 Å². The number of sulfonamides is 1. The minimum absolute atomic E-state index is 0.234. The molecule has 0 aliphatic carbocycles. The van der Waals surface area contributed by atoms with Crippen LogP contribution in [-0.2, 0) is 23.0 Å². The van der Waals surface area contributed by atoms with E-state index in [1.54, 1.807) is 14.1 Å². The first kappa shape index (κ1) is 15.5. The monoisotopic (exact) mass is 296 g/mol. The minimum atomic E-state index is -3.06. The van der Waals surface area contributed by atoms with Crippen LogP contribution in [0.5, 0.6) is 0 Å². The Hall–Kier alpha value is -0.910. The highest BCUT2D eigenvalue weighted by atomic mass is 32.2. The number of fused-ring (bicyclic) bond motifs is 1. The first-order chi connectivity index (χ1) is 9.49. The third-order valence-electron chi connectivity index (χ3n) is 3.87. The van der Waals surface area contributed by atoms with Crippen molar-refractivity contribution in [2.75, 3.05) is 32.9 Å². The summed E-state index contributed by atoms with van der Waals surface area (Å²) in [6, 6.07) is 8.57. The van der Waals surface area contributed by atoms with Crippen LogP contribution in [-0.4, -0.2) is 50.6 Å². The summed E-state index contributed by atoms with van der Waals surface area (Å²) in [4.78, 5) is 2.37. The summed E-state index contributed by atoms with van der Waals surface area (Å²) in [5.74, 6) is 0.234. The molecule has 0 spiro atoms. The topological polar surface area (TPSA) is 40.6 Å². The van der Waals surface area contributed by atoms with Gasteiger partial charge in [0.25, 0.3) is 0 Å². The molecular weight excluding hydrogens is 272 g/mol. The second kappa shape index (κ2) is 6.70. The molecule has 1 aromatic rings. The largest absolute Gasteiger partial charge is 0.299 e. The van der Waals surface area contributed by atoms with Crippen LogP contribution in [0.15, 0.2) is 24.3 Å². The number of rotatable bonds is 5. The van der Waals surface area contributed by atoms with E-state index in [9.17, 15) is 8.42 Å². The lowest BCUT2D eigenvalue weighted by Crippen LogP contribution is -2.29. The molecule has 1 aliphatic heterocycles. The fourth-order valence-corrected chi connectivity index (χ4v) is 3.47. The van der Waals surface area contributed by atoms with Crippen molar-refractivity contribution < 1.29 is 8.42 Å². The van der Waals surface area contributed by atoms with Crippen LogP contribution in [0.3, 0.4) is 0 Å². The van der Waals surface area contributed by atoms with Crippen LogP contribution < -0.4 is 0 Å². The molecule has 4 nitrogen and oxygen atoms in total. The van der Waals surface area contributed by atoms with Crippen LogP contribution in [0.4, 0.5) is 0 Å². The van der Waals surface area contributed by atoms with Gasteiger partial charge in [-0.25, -0.2) is 12.7 Å². The number of benzene rings is 1. The van der Waals surface area contributed by atoms with Crippen molar-refractivity contribution in [1.82, 2.24) is 9.21 Å². The van der Waals surface area contributed by atoms with Gasteiger partial charge >= 0.3 is 0 Å². The van der Waals surface area contributed by atoms with E-state index < -0.39 is 10.0 Å². The predicted octanol–water partition coefficient (Wildman–Crippen LogP) is 1.72. The summed E-state index contributed by atoms with van der Waals surface area (Å²) >= 11 is 0. The average Bonchev–Trinajstić information content (AvgIpc) is 2.60. The van der Waals surface area contributed by atoms with Crippen molar-refractivity contribution in [1.29, 1.82) is 0 Å². The van der Waals surface area contributed by atoms with Gasteiger partial charge in [-0.3, -0.25) is 4.90 Å². The Bertz CT molecular complexity index is 541. The molecule has 0 saturated carbocycles. The van der Waals surface area contributed by atoms with Crippen LogP contribution in [0.2, 0.25) is 0 Å². The molecule has 5 heteroatoms. The molecule has 1 aromatic carbocycles. The average molecular weight is 296 g/mol. The van der Waals surface area contributed by atoms with Gasteiger partial charge < -0.3 is 0 Å². The smallest absolute Gasteiger partial charge is 0.213 e. The molecule has 0 fully saturated rings. The van der Waals surface area contributed by atoms with E-state index >= 15 is 0 Å². The SMILES string of the molecule is CN(C)S(=O)(=O)CCCN1CCCc2ccccc2C1. The number of hydrogen-bond donors (Lipinski definition) is 0. The maximum atomic E-state index is 11.7. The number of hydrogen-bond acceptors (Lipinski definition) is 3. The highest BCUT2D eigenvalue weighted by Crippen LogP contribution is 2.18. The minimum Gasteiger partial charge on any atom is -0.299 e. The Labute approximate surface area is 122 Å². The van der Waals surface area contributed by atoms with E-state index in [1.165, 1.54) is 15.4 Å². The zero-order chi connectivity index (χ0) is 14.6. The van der Waals surface area contributed by atoms with E-state index in [1.807, 2.05) is 0 Å². The summed E-state index contributed by atoms with van der Waals surface area (Å²) in [6.45, 7) is 2.84. The zero-order valence-electron chi connectivity index (χ0n) is 12.4. The van der Waals surface area contributed by atoms with Gasteiger partial charge in [0.05, 0.1) is 5.75 Å². The molecule has 20 heavy (non-hydrogen) atoms. The van der Waals surface area contributed by atoms with Crippen LogP contribution in [0.1, 0.15) is 24.0 Å². The number of aryl methyl sites for hydroxylation is 1. The standard InChI is InChI=1S/C15H24N2O2S/c1-16(2)20(18,19)12-6-11-17-10-5-9-14-7-3-4-8-15(14)13-17/h3-4,7-8H,5-6,9-13H2,1-2H3. The van der Waals surface area contributed by atoms with Gasteiger partial charge in [0.15, 0.2) is 0 Å². The van der Waals surface area contributed by atoms with E-state index in [0.29, 0.717) is 6.42 Å². The Morgan fingerprint density at radius 2 is 1.90 bits per heavy atom. The third kappa shape index (κ3) is 4.04. The van der Waals surface area contributed by atoms with Crippen molar-refractivity contribution in [2.45, 2.75) is 25.8 Å². The van der Waals surface area contributed by atoms with E-state index in [2.05, 4.69) is 29.2 Å².